The van der Waals surface area contributed by atoms with Crippen molar-refractivity contribution in [3.05, 3.63) is 46.4 Å². The van der Waals surface area contributed by atoms with Gasteiger partial charge in [-0.25, -0.2) is 4.98 Å². The molecule has 0 unspecified atom stereocenters. The average Bonchev–Trinajstić information content (AvgIpc) is 2.47. The Kier molecular flexibility index (Phi) is 4.07. The number of halogens is 1. The normalized spacial score (nSPS) is 9.62. The molecule has 0 aliphatic heterocycles. The topological polar surface area (TPSA) is 17.3 Å². The zero-order valence-electron chi connectivity index (χ0n) is 6.87. The Labute approximate surface area is 115 Å². The Morgan fingerprint density at radius 3 is 3.00 bits per heavy atom. The van der Waals surface area contributed by atoms with Crippen molar-refractivity contribution in [1.82, 2.24) is 9.38 Å². The van der Waals surface area contributed by atoms with Gasteiger partial charge >= 0.3 is 0 Å². The fraction of sp³-hybridized carbons (Fsp3) is 0. The Hall–Kier alpha value is 0.264. The first-order valence-electron chi connectivity index (χ1n) is 3.47. The van der Waals surface area contributed by atoms with Gasteiger partial charge in [0.05, 0.1) is 11.8 Å². The fourth-order valence-electron chi connectivity index (χ4n) is 1.06. The largest absolute Gasteiger partial charge is 0.318 e. The predicted octanol–water partition coefficient (Wildman–Crippen LogP) is 2.27. The quantitative estimate of drug-likeness (QED) is 0.565. The van der Waals surface area contributed by atoms with E-state index in [2.05, 4.69) is 40.2 Å². The molecule has 2 aromatic rings. The summed E-state index contributed by atoms with van der Waals surface area (Å²) in [5.41, 5.74) is 1.91. The smallest absolute Gasteiger partial charge is 0.102 e. The van der Waals surface area contributed by atoms with E-state index in [9.17, 15) is 0 Å². The van der Waals surface area contributed by atoms with E-state index in [0.717, 1.165) is 14.9 Å². The molecule has 2 rings (SSSR count). The molecule has 4 heteroatoms. The molecule has 2 nitrogen and oxygen atoms in total. The second-order valence-electron chi connectivity index (χ2n) is 2.40. The van der Waals surface area contributed by atoms with Crippen LogP contribution in [-0.4, -0.2) is 9.38 Å². The van der Waals surface area contributed by atoms with Crippen molar-refractivity contribution in [1.29, 1.82) is 0 Å². The molecule has 0 bridgehead atoms. The van der Waals surface area contributed by atoms with Crippen LogP contribution in [-0.2, 0) is 32.7 Å². The van der Waals surface area contributed by atoms with Crippen LogP contribution in [0.2, 0.25) is 0 Å². The number of hydrogen-bond acceptors (Lipinski definition) is 1. The van der Waals surface area contributed by atoms with E-state index in [1.54, 1.807) is 0 Å². The van der Waals surface area contributed by atoms with E-state index in [4.69, 9.17) is 0 Å². The van der Waals surface area contributed by atoms with Crippen LogP contribution >= 0.6 is 22.6 Å². The summed E-state index contributed by atoms with van der Waals surface area (Å²) in [6.07, 6.45) is 6.63. The van der Waals surface area contributed by atoms with Gasteiger partial charge < -0.3 is 4.40 Å². The van der Waals surface area contributed by atoms with E-state index in [1.165, 1.54) is 0 Å². The van der Waals surface area contributed by atoms with Crippen LogP contribution in [0.4, 0.5) is 0 Å². The molecule has 0 aliphatic carbocycles. The first kappa shape index (κ1) is 11.3. The number of rotatable bonds is 1. The minimum Gasteiger partial charge on any atom is -0.318 e. The molecule has 2 aromatic heterocycles. The van der Waals surface area contributed by atoms with Gasteiger partial charge in [-0.2, -0.15) is 18.2 Å². The Bertz CT molecular complexity index is 436. The summed E-state index contributed by atoms with van der Waals surface area (Å²) in [6.45, 7) is 3.58. The summed E-state index contributed by atoms with van der Waals surface area (Å²) in [5.74, 6) is 0. The van der Waals surface area contributed by atoms with Gasteiger partial charge in [0.15, 0.2) is 0 Å². The molecule has 0 aromatic carbocycles. The number of nitrogens with zero attached hydrogens (tertiary/aromatic N) is 2. The van der Waals surface area contributed by atoms with E-state index >= 15 is 0 Å². The van der Waals surface area contributed by atoms with Crippen molar-refractivity contribution in [2.24, 2.45) is 0 Å². The summed E-state index contributed by atoms with van der Waals surface area (Å²) in [7, 11) is 0. The van der Waals surface area contributed by atoms with E-state index < -0.39 is 0 Å². The molecular weight excluding hydrogens is 352 g/mol. The minimum atomic E-state index is 0. The van der Waals surface area contributed by atoms with Crippen LogP contribution in [0.15, 0.2) is 31.1 Å². The number of fused-ring (bicyclic) bond motifs is 1. The third-order valence-corrected chi connectivity index (χ3v) is 2.47. The molecule has 0 fully saturated rings. The molecule has 2 heterocycles. The second-order valence-corrected chi connectivity index (χ2v) is 3.51. The van der Waals surface area contributed by atoms with Gasteiger partial charge in [-0.05, 0) is 28.8 Å². The Balaban J connectivity index is 0.000000845. The SMILES string of the molecule is C=[C-]c1ccn2c(I)cnc2c1.[Y]. The summed E-state index contributed by atoms with van der Waals surface area (Å²) in [5, 5.41) is 0. The van der Waals surface area contributed by atoms with Gasteiger partial charge in [-0.15, -0.1) is 12.1 Å². The number of imidazole rings is 1. The van der Waals surface area contributed by atoms with Gasteiger partial charge in [-0.3, -0.25) is 0 Å². The average molecular weight is 358 g/mol. The van der Waals surface area contributed by atoms with Crippen molar-refractivity contribution in [2.75, 3.05) is 0 Å². The molecule has 0 saturated carbocycles. The summed E-state index contributed by atoms with van der Waals surface area (Å²) >= 11 is 2.24. The van der Waals surface area contributed by atoms with Gasteiger partial charge in [0.2, 0.25) is 0 Å². The van der Waals surface area contributed by atoms with Crippen LogP contribution in [0, 0.1) is 9.78 Å². The molecule has 1 radical (unpaired) electrons. The Morgan fingerprint density at radius 1 is 1.54 bits per heavy atom. The van der Waals surface area contributed by atoms with E-state index in [0.29, 0.717) is 0 Å². The number of aromatic nitrogens is 2. The molecule has 0 saturated heterocycles. The predicted molar refractivity (Wildman–Crippen MR) is 55.9 cm³/mol. The number of pyridine rings is 1. The maximum Gasteiger partial charge on any atom is 0.102 e. The van der Waals surface area contributed by atoms with Crippen LogP contribution in [0.1, 0.15) is 5.56 Å². The van der Waals surface area contributed by atoms with E-state index in [-0.39, 0.29) is 32.7 Å². The molecule has 0 aliphatic rings. The monoisotopic (exact) mass is 358 g/mol. The van der Waals surface area contributed by atoms with Crippen LogP contribution in [0.3, 0.4) is 0 Å². The van der Waals surface area contributed by atoms with Crippen molar-refractivity contribution >= 4 is 28.2 Å². The third kappa shape index (κ3) is 2.19. The molecule has 0 atom stereocenters. The first-order chi connectivity index (χ1) is 5.81. The van der Waals surface area contributed by atoms with Crippen molar-refractivity contribution in [3.63, 3.8) is 0 Å². The van der Waals surface area contributed by atoms with Gasteiger partial charge in [-0.1, -0.05) is 0 Å². The van der Waals surface area contributed by atoms with Crippen molar-refractivity contribution < 1.29 is 32.7 Å². The molecule has 63 valence electrons. The van der Waals surface area contributed by atoms with E-state index in [1.807, 2.05) is 28.9 Å². The summed E-state index contributed by atoms with van der Waals surface area (Å²) < 4.78 is 3.12. The maximum absolute atomic E-state index is 4.21. The zero-order valence-corrected chi connectivity index (χ0v) is 11.9. The molecular formula is C9H6IN2Y-. The second kappa shape index (κ2) is 4.66. The first-order valence-corrected chi connectivity index (χ1v) is 4.55. The van der Waals surface area contributed by atoms with Crippen LogP contribution in [0.25, 0.3) is 5.65 Å². The van der Waals surface area contributed by atoms with Crippen LogP contribution in [0.5, 0.6) is 0 Å². The molecule has 0 N–H and O–H groups in total. The van der Waals surface area contributed by atoms with Crippen molar-refractivity contribution in [2.45, 2.75) is 0 Å². The molecule has 0 amide bonds. The van der Waals surface area contributed by atoms with Gasteiger partial charge in [0.25, 0.3) is 0 Å². The van der Waals surface area contributed by atoms with Gasteiger partial charge in [0.1, 0.15) is 3.70 Å². The Morgan fingerprint density at radius 2 is 2.31 bits per heavy atom. The minimum absolute atomic E-state index is 0. The summed E-state index contributed by atoms with van der Waals surface area (Å²) in [6, 6.07) is 3.92. The standard InChI is InChI=1S/C9H6IN2.Y/c1-2-7-3-4-12-8(10)6-11-9(12)5-7;/h3-6H,1H2;/q-1;. The number of hydrogen-bond donors (Lipinski definition) is 0. The molecule has 0 spiro atoms. The zero-order chi connectivity index (χ0) is 8.55. The fourth-order valence-corrected chi connectivity index (χ4v) is 1.61. The van der Waals surface area contributed by atoms with Crippen LogP contribution < -0.4 is 0 Å². The van der Waals surface area contributed by atoms with Gasteiger partial charge in [0, 0.05) is 32.7 Å². The maximum atomic E-state index is 4.21. The van der Waals surface area contributed by atoms with Crippen molar-refractivity contribution in [3.8, 4) is 0 Å². The molecule has 13 heavy (non-hydrogen) atoms. The summed E-state index contributed by atoms with van der Waals surface area (Å²) in [4.78, 5) is 4.21. The third-order valence-electron chi connectivity index (χ3n) is 1.67.